The first-order valence-electron chi connectivity index (χ1n) is 6.91. The molecule has 1 N–H and O–H groups in total. The van der Waals surface area contributed by atoms with Crippen LogP contribution in [0.4, 0.5) is 0 Å². The van der Waals surface area contributed by atoms with Gasteiger partial charge in [-0.2, -0.15) is 0 Å². The fourth-order valence-electron chi connectivity index (χ4n) is 2.13. The number of hydrogen-bond acceptors (Lipinski definition) is 5. The monoisotopic (exact) mass is 314 g/mol. The van der Waals surface area contributed by atoms with Crippen molar-refractivity contribution in [2.24, 2.45) is 0 Å². The Bertz CT molecular complexity index is 734. The van der Waals surface area contributed by atoms with Gasteiger partial charge in [0.2, 0.25) is 0 Å². The molecular weight excluding hydrogens is 296 g/mol. The number of ether oxygens (including phenoxy) is 3. The van der Waals surface area contributed by atoms with Gasteiger partial charge in [-0.25, -0.2) is 0 Å². The highest BCUT2D eigenvalue weighted by Crippen LogP contribution is 2.29. The fraction of sp³-hybridized carbons (Fsp3) is 0.167. The van der Waals surface area contributed by atoms with Crippen LogP contribution in [0.3, 0.4) is 0 Å². The molecule has 0 amide bonds. The predicted molar refractivity (Wildman–Crippen MR) is 87.6 cm³/mol. The second-order valence-corrected chi connectivity index (χ2v) is 4.66. The maximum Gasteiger partial charge on any atom is 0.189 e. The van der Waals surface area contributed by atoms with Gasteiger partial charge >= 0.3 is 0 Å². The minimum absolute atomic E-state index is 0.0333. The molecule has 0 atom stereocenters. The van der Waals surface area contributed by atoms with Crippen LogP contribution in [0.25, 0.3) is 6.08 Å². The van der Waals surface area contributed by atoms with Crippen LogP contribution in [0.5, 0.6) is 23.0 Å². The Morgan fingerprint density at radius 2 is 1.74 bits per heavy atom. The Balaban J connectivity index is 2.36. The van der Waals surface area contributed by atoms with Gasteiger partial charge in [0.25, 0.3) is 0 Å². The molecule has 5 heteroatoms. The Morgan fingerprint density at radius 3 is 2.39 bits per heavy atom. The van der Waals surface area contributed by atoms with Crippen LogP contribution in [0.15, 0.2) is 42.5 Å². The first-order valence-corrected chi connectivity index (χ1v) is 6.91. The molecule has 120 valence electrons. The van der Waals surface area contributed by atoms with Crippen molar-refractivity contribution in [1.29, 1.82) is 0 Å². The summed E-state index contributed by atoms with van der Waals surface area (Å²) in [5, 5.41) is 9.90. The van der Waals surface area contributed by atoms with E-state index < -0.39 is 0 Å². The molecule has 5 nitrogen and oxygen atoms in total. The zero-order valence-corrected chi connectivity index (χ0v) is 13.2. The van der Waals surface area contributed by atoms with E-state index in [1.807, 2.05) is 0 Å². The van der Waals surface area contributed by atoms with Gasteiger partial charge in [-0.3, -0.25) is 4.79 Å². The largest absolute Gasteiger partial charge is 0.507 e. The lowest BCUT2D eigenvalue weighted by atomic mass is 10.1. The predicted octanol–water partition coefficient (Wildman–Crippen LogP) is 3.31. The number of carbonyl (C=O) groups is 1. The minimum Gasteiger partial charge on any atom is -0.507 e. The van der Waals surface area contributed by atoms with Gasteiger partial charge < -0.3 is 19.3 Å². The molecule has 2 aromatic rings. The second kappa shape index (κ2) is 7.35. The Labute approximate surface area is 134 Å². The molecule has 0 aliphatic carbocycles. The summed E-state index contributed by atoms with van der Waals surface area (Å²) < 4.78 is 15.5. The standard InChI is InChI=1S/C18H18O5/c1-21-12-7-10-18(23-3)14(11-12)16(20)9-8-13-15(19)5-4-6-17(13)22-2/h4-11,19H,1-3H3. The molecule has 0 aromatic heterocycles. The van der Waals surface area contributed by atoms with Crippen LogP contribution in [-0.4, -0.2) is 32.2 Å². The summed E-state index contributed by atoms with van der Waals surface area (Å²) in [6.45, 7) is 0. The summed E-state index contributed by atoms with van der Waals surface area (Å²) in [6, 6.07) is 9.88. The number of ketones is 1. The van der Waals surface area contributed by atoms with E-state index in [1.54, 1.807) is 30.3 Å². The molecule has 0 saturated heterocycles. The minimum atomic E-state index is -0.272. The van der Waals surface area contributed by atoms with Crippen LogP contribution < -0.4 is 14.2 Å². The van der Waals surface area contributed by atoms with Crippen LogP contribution >= 0.6 is 0 Å². The zero-order valence-electron chi connectivity index (χ0n) is 13.2. The number of benzene rings is 2. The topological polar surface area (TPSA) is 65.0 Å². The van der Waals surface area contributed by atoms with Crippen molar-refractivity contribution in [1.82, 2.24) is 0 Å². The molecule has 2 rings (SSSR count). The Morgan fingerprint density at radius 1 is 1.00 bits per heavy atom. The average Bonchev–Trinajstić information content (AvgIpc) is 2.59. The van der Waals surface area contributed by atoms with Gasteiger partial charge in [-0.15, -0.1) is 0 Å². The molecule has 0 saturated carbocycles. The Kier molecular flexibility index (Phi) is 5.25. The van der Waals surface area contributed by atoms with Crippen molar-refractivity contribution >= 4 is 11.9 Å². The van der Waals surface area contributed by atoms with Gasteiger partial charge in [0.15, 0.2) is 5.78 Å². The molecule has 0 bridgehead atoms. The molecule has 0 aliphatic heterocycles. The van der Waals surface area contributed by atoms with Crippen molar-refractivity contribution in [2.75, 3.05) is 21.3 Å². The number of methoxy groups -OCH3 is 3. The van der Waals surface area contributed by atoms with Gasteiger partial charge in [0.05, 0.1) is 32.5 Å². The maximum absolute atomic E-state index is 12.4. The van der Waals surface area contributed by atoms with Crippen molar-refractivity contribution in [3.8, 4) is 23.0 Å². The molecule has 0 spiro atoms. The lowest BCUT2D eigenvalue weighted by Crippen LogP contribution is -2.00. The highest BCUT2D eigenvalue weighted by Gasteiger charge is 2.12. The van der Waals surface area contributed by atoms with Crippen molar-refractivity contribution in [3.63, 3.8) is 0 Å². The molecule has 0 heterocycles. The summed E-state index contributed by atoms with van der Waals surface area (Å²) in [5.41, 5.74) is 0.808. The number of carbonyl (C=O) groups excluding carboxylic acids is 1. The summed E-state index contributed by atoms with van der Waals surface area (Å²) in [7, 11) is 4.52. The number of rotatable bonds is 6. The van der Waals surface area contributed by atoms with Crippen molar-refractivity contribution in [2.45, 2.75) is 0 Å². The zero-order chi connectivity index (χ0) is 16.8. The van der Waals surface area contributed by atoms with Crippen LogP contribution in [-0.2, 0) is 0 Å². The lowest BCUT2D eigenvalue weighted by molar-refractivity contribution is 0.104. The third kappa shape index (κ3) is 3.63. The van der Waals surface area contributed by atoms with Gasteiger partial charge in [-0.05, 0) is 42.5 Å². The molecule has 0 unspecified atom stereocenters. The summed E-state index contributed by atoms with van der Waals surface area (Å²) in [5.74, 6) is 1.25. The number of phenolic OH excluding ortho intramolecular Hbond substituents is 1. The molecule has 0 fully saturated rings. The number of allylic oxidation sites excluding steroid dienone is 1. The van der Waals surface area contributed by atoms with E-state index in [-0.39, 0.29) is 11.5 Å². The first-order chi connectivity index (χ1) is 11.1. The lowest BCUT2D eigenvalue weighted by Gasteiger charge is -2.08. The maximum atomic E-state index is 12.4. The molecule has 0 aliphatic rings. The smallest absolute Gasteiger partial charge is 0.189 e. The van der Waals surface area contributed by atoms with E-state index in [0.29, 0.717) is 28.4 Å². The van der Waals surface area contributed by atoms with Crippen LogP contribution in [0, 0.1) is 0 Å². The first kappa shape index (κ1) is 16.4. The van der Waals surface area contributed by atoms with Crippen molar-refractivity contribution < 1.29 is 24.1 Å². The second-order valence-electron chi connectivity index (χ2n) is 4.66. The highest BCUT2D eigenvalue weighted by molar-refractivity contribution is 6.09. The summed E-state index contributed by atoms with van der Waals surface area (Å²) in [6.07, 6.45) is 2.87. The van der Waals surface area contributed by atoms with E-state index in [4.69, 9.17) is 14.2 Å². The number of aromatic hydroxyl groups is 1. The number of hydrogen-bond donors (Lipinski definition) is 1. The quantitative estimate of drug-likeness (QED) is 0.654. The molecule has 0 radical (unpaired) electrons. The normalized spacial score (nSPS) is 10.6. The van der Waals surface area contributed by atoms with Gasteiger partial charge in [-0.1, -0.05) is 6.07 Å². The molecule has 2 aromatic carbocycles. The average molecular weight is 314 g/mol. The third-order valence-electron chi connectivity index (χ3n) is 3.34. The van der Waals surface area contributed by atoms with E-state index >= 15 is 0 Å². The van der Waals surface area contributed by atoms with Crippen molar-refractivity contribution in [3.05, 3.63) is 53.6 Å². The summed E-state index contributed by atoms with van der Waals surface area (Å²) >= 11 is 0. The summed E-state index contributed by atoms with van der Waals surface area (Å²) in [4.78, 5) is 12.4. The SMILES string of the molecule is COc1ccc(OC)c(C(=O)C=Cc2c(O)cccc2OC)c1. The van der Waals surface area contributed by atoms with Gasteiger partial charge in [0, 0.05) is 0 Å². The van der Waals surface area contributed by atoms with E-state index in [0.717, 1.165) is 0 Å². The fourth-order valence-corrected chi connectivity index (χ4v) is 2.13. The molecule has 23 heavy (non-hydrogen) atoms. The van der Waals surface area contributed by atoms with E-state index in [9.17, 15) is 9.90 Å². The molecular formula is C18H18O5. The van der Waals surface area contributed by atoms with Crippen LogP contribution in [0.1, 0.15) is 15.9 Å². The van der Waals surface area contributed by atoms with E-state index in [1.165, 1.54) is 39.5 Å². The number of phenols is 1. The highest BCUT2D eigenvalue weighted by atomic mass is 16.5. The van der Waals surface area contributed by atoms with Gasteiger partial charge in [0.1, 0.15) is 23.0 Å². The van der Waals surface area contributed by atoms with Crippen LogP contribution in [0.2, 0.25) is 0 Å². The Hall–Kier alpha value is -2.95. The van der Waals surface area contributed by atoms with E-state index in [2.05, 4.69) is 0 Å². The third-order valence-corrected chi connectivity index (χ3v) is 3.34.